The van der Waals surface area contributed by atoms with Crippen molar-refractivity contribution in [1.82, 2.24) is 10.3 Å². The molecule has 7 heteroatoms. The van der Waals surface area contributed by atoms with Gasteiger partial charge in [-0.05, 0) is 49.0 Å². The highest BCUT2D eigenvalue weighted by atomic mass is 32.1. The minimum absolute atomic E-state index is 0.0699. The lowest BCUT2D eigenvalue weighted by Gasteiger charge is -2.12. The Labute approximate surface area is 132 Å². The molecule has 1 aromatic carbocycles. The Balaban J connectivity index is 2.16. The number of pyridine rings is 1. The van der Waals surface area contributed by atoms with Crippen molar-refractivity contribution in [2.45, 2.75) is 6.92 Å². The molecule has 0 atom stereocenters. The molecule has 0 aliphatic carbocycles. The van der Waals surface area contributed by atoms with Crippen molar-refractivity contribution >= 4 is 29.2 Å². The molecule has 2 N–H and O–H groups in total. The first kappa shape index (κ1) is 15.8. The van der Waals surface area contributed by atoms with E-state index in [0.717, 1.165) is 11.1 Å². The summed E-state index contributed by atoms with van der Waals surface area (Å²) in [5.74, 6) is 0.137. The van der Waals surface area contributed by atoms with E-state index >= 15 is 0 Å². The number of thiocarbonyl (C=S) groups is 1. The molecule has 114 valence electrons. The van der Waals surface area contributed by atoms with Crippen molar-refractivity contribution in [2.75, 3.05) is 11.9 Å². The van der Waals surface area contributed by atoms with Crippen LogP contribution in [0.25, 0.3) is 11.1 Å². The van der Waals surface area contributed by atoms with Gasteiger partial charge >= 0.3 is 6.09 Å². The number of amides is 1. The molecule has 1 aromatic heterocycles. The summed E-state index contributed by atoms with van der Waals surface area (Å²) in [4.78, 5) is 15.5. The van der Waals surface area contributed by atoms with Crippen LogP contribution < -0.4 is 10.6 Å². The first-order chi connectivity index (χ1) is 10.6. The van der Waals surface area contributed by atoms with Gasteiger partial charge < -0.3 is 10.1 Å². The van der Waals surface area contributed by atoms with E-state index < -0.39 is 6.09 Å². The van der Waals surface area contributed by atoms with Gasteiger partial charge in [0.25, 0.3) is 0 Å². The van der Waals surface area contributed by atoms with Crippen LogP contribution in [0.4, 0.5) is 15.0 Å². The number of ether oxygens (including phenoxy) is 1. The highest BCUT2D eigenvalue weighted by molar-refractivity contribution is 7.80. The van der Waals surface area contributed by atoms with Crippen LogP contribution in [0.5, 0.6) is 0 Å². The molecule has 0 unspecified atom stereocenters. The van der Waals surface area contributed by atoms with Gasteiger partial charge in [0.1, 0.15) is 11.6 Å². The molecule has 0 bridgehead atoms. The van der Waals surface area contributed by atoms with E-state index in [2.05, 4.69) is 15.6 Å². The number of benzene rings is 1. The van der Waals surface area contributed by atoms with E-state index in [9.17, 15) is 9.18 Å². The zero-order chi connectivity index (χ0) is 15.9. The molecule has 0 fully saturated rings. The van der Waals surface area contributed by atoms with Crippen molar-refractivity contribution in [2.24, 2.45) is 0 Å². The van der Waals surface area contributed by atoms with E-state index in [1.165, 1.54) is 12.1 Å². The SMILES string of the molecule is CCOC(=O)NC(=S)Nc1ncccc1-c1ccc(F)cc1. The lowest BCUT2D eigenvalue weighted by atomic mass is 10.1. The largest absolute Gasteiger partial charge is 0.450 e. The summed E-state index contributed by atoms with van der Waals surface area (Å²) in [6.45, 7) is 1.94. The molecular formula is C15H14FN3O2S. The first-order valence-electron chi connectivity index (χ1n) is 6.56. The van der Waals surface area contributed by atoms with Crippen molar-refractivity contribution in [1.29, 1.82) is 0 Å². The second-order valence-electron chi connectivity index (χ2n) is 4.21. The molecule has 0 saturated carbocycles. The lowest BCUT2D eigenvalue weighted by molar-refractivity contribution is 0.158. The topological polar surface area (TPSA) is 63.2 Å². The van der Waals surface area contributed by atoms with Gasteiger partial charge in [-0.25, -0.2) is 14.2 Å². The summed E-state index contributed by atoms with van der Waals surface area (Å²) in [5, 5.41) is 5.27. The number of carbonyl (C=O) groups is 1. The predicted octanol–water partition coefficient (Wildman–Crippen LogP) is 3.33. The Morgan fingerprint density at radius 2 is 2.05 bits per heavy atom. The average molecular weight is 319 g/mol. The van der Waals surface area contributed by atoms with Gasteiger partial charge in [-0.15, -0.1) is 0 Å². The van der Waals surface area contributed by atoms with Crippen molar-refractivity contribution in [3.05, 3.63) is 48.4 Å². The summed E-state index contributed by atoms with van der Waals surface area (Å²) in [7, 11) is 0. The summed E-state index contributed by atoms with van der Waals surface area (Å²) < 4.78 is 17.8. The van der Waals surface area contributed by atoms with Crippen LogP contribution >= 0.6 is 12.2 Å². The van der Waals surface area contributed by atoms with Crippen LogP contribution in [-0.4, -0.2) is 22.8 Å². The number of rotatable bonds is 3. The number of carbonyl (C=O) groups excluding carboxylic acids is 1. The Morgan fingerprint density at radius 3 is 2.73 bits per heavy atom. The van der Waals surface area contributed by atoms with Gasteiger partial charge in [-0.1, -0.05) is 12.1 Å². The van der Waals surface area contributed by atoms with Gasteiger partial charge in [0, 0.05) is 11.8 Å². The average Bonchev–Trinajstić information content (AvgIpc) is 2.49. The maximum atomic E-state index is 13.0. The number of hydrogen-bond donors (Lipinski definition) is 2. The third-order valence-electron chi connectivity index (χ3n) is 2.69. The summed E-state index contributed by atoms with van der Waals surface area (Å²) in [6.07, 6.45) is 0.946. The van der Waals surface area contributed by atoms with E-state index in [4.69, 9.17) is 17.0 Å². The zero-order valence-electron chi connectivity index (χ0n) is 11.8. The molecule has 2 rings (SSSR count). The minimum atomic E-state index is -0.640. The first-order valence-corrected chi connectivity index (χ1v) is 6.96. The van der Waals surface area contributed by atoms with Gasteiger partial charge in [0.15, 0.2) is 5.11 Å². The fraction of sp³-hybridized carbons (Fsp3) is 0.133. The standard InChI is InChI=1S/C15H14FN3O2S/c1-2-21-15(20)19-14(22)18-13-12(4-3-9-17-13)10-5-7-11(16)8-6-10/h3-9H,2H2,1H3,(H2,17,18,19,20,22). The molecule has 22 heavy (non-hydrogen) atoms. The number of hydrogen-bond acceptors (Lipinski definition) is 4. The van der Waals surface area contributed by atoms with Gasteiger partial charge in [-0.3, -0.25) is 5.32 Å². The van der Waals surface area contributed by atoms with Gasteiger partial charge in [0.2, 0.25) is 0 Å². The molecule has 1 heterocycles. The fourth-order valence-corrected chi connectivity index (χ4v) is 1.95. The molecule has 0 spiro atoms. The molecule has 5 nitrogen and oxygen atoms in total. The Morgan fingerprint density at radius 1 is 1.32 bits per heavy atom. The maximum Gasteiger partial charge on any atom is 0.413 e. The van der Waals surface area contributed by atoms with E-state index in [0.29, 0.717) is 5.82 Å². The normalized spacial score (nSPS) is 9.91. The Hall–Kier alpha value is -2.54. The molecule has 2 aromatic rings. The lowest BCUT2D eigenvalue weighted by Crippen LogP contribution is -2.34. The van der Waals surface area contributed by atoms with Crippen LogP contribution in [0.2, 0.25) is 0 Å². The Bertz CT molecular complexity index is 677. The van der Waals surface area contributed by atoms with Crippen molar-refractivity contribution in [3.63, 3.8) is 0 Å². The molecule has 0 radical (unpaired) electrons. The van der Waals surface area contributed by atoms with Gasteiger partial charge in [0.05, 0.1) is 6.61 Å². The summed E-state index contributed by atoms with van der Waals surface area (Å²) in [5.41, 5.74) is 1.51. The number of nitrogens with one attached hydrogen (secondary N) is 2. The number of anilines is 1. The fourth-order valence-electron chi connectivity index (χ4n) is 1.77. The second kappa shape index (κ2) is 7.46. The van der Waals surface area contributed by atoms with Crippen LogP contribution in [0, 0.1) is 5.82 Å². The number of nitrogens with zero attached hydrogens (tertiary/aromatic N) is 1. The highest BCUT2D eigenvalue weighted by Gasteiger charge is 2.10. The molecule has 0 saturated heterocycles. The van der Waals surface area contributed by atoms with Crippen molar-refractivity contribution in [3.8, 4) is 11.1 Å². The predicted molar refractivity (Wildman–Crippen MR) is 86.0 cm³/mol. The third kappa shape index (κ3) is 4.23. The third-order valence-corrected chi connectivity index (χ3v) is 2.89. The minimum Gasteiger partial charge on any atom is -0.450 e. The molecular weight excluding hydrogens is 305 g/mol. The van der Waals surface area contributed by atoms with E-state index in [-0.39, 0.29) is 17.5 Å². The van der Waals surface area contributed by atoms with Gasteiger partial charge in [-0.2, -0.15) is 0 Å². The summed E-state index contributed by atoms with van der Waals surface area (Å²) >= 11 is 5.03. The van der Waals surface area contributed by atoms with E-state index in [1.807, 2.05) is 6.07 Å². The summed E-state index contributed by atoms with van der Waals surface area (Å²) in [6, 6.07) is 9.57. The van der Waals surface area contributed by atoms with Crippen LogP contribution in [0.1, 0.15) is 6.92 Å². The Kier molecular flexibility index (Phi) is 5.37. The highest BCUT2D eigenvalue weighted by Crippen LogP contribution is 2.25. The van der Waals surface area contributed by atoms with Crippen LogP contribution in [-0.2, 0) is 4.74 Å². The molecule has 1 amide bonds. The molecule has 0 aliphatic heterocycles. The number of halogens is 1. The smallest absolute Gasteiger partial charge is 0.413 e. The van der Waals surface area contributed by atoms with Crippen LogP contribution in [0.15, 0.2) is 42.6 Å². The van der Waals surface area contributed by atoms with E-state index in [1.54, 1.807) is 31.3 Å². The van der Waals surface area contributed by atoms with Crippen molar-refractivity contribution < 1.29 is 13.9 Å². The monoisotopic (exact) mass is 319 g/mol. The second-order valence-corrected chi connectivity index (χ2v) is 4.61. The number of alkyl carbamates (subject to hydrolysis) is 1. The zero-order valence-corrected chi connectivity index (χ0v) is 12.6. The molecule has 0 aliphatic rings. The maximum absolute atomic E-state index is 13.0. The number of aromatic nitrogens is 1. The van der Waals surface area contributed by atoms with Crippen LogP contribution in [0.3, 0.4) is 0 Å². The quantitative estimate of drug-likeness (QED) is 0.850.